The van der Waals surface area contributed by atoms with Gasteiger partial charge in [-0.3, -0.25) is 4.79 Å². The molecule has 0 saturated heterocycles. The van der Waals surface area contributed by atoms with E-state index in [9.17, 15) is 4.79 Å². The topological polar surface area (TPSA) is 81.7 Å². The Morgan fingerprint density at radius 3 is 1.47 bits per heavy atom. The summed E-state index contributed by atoms with van der Waals surface area (Å²) in [5.41, 5.74) is 0.696. The molecule has 0 bridgehead atoms. The van der Waals surface area contributed by atoms with E-state index in [1.165, 1.54) is 0 Å². The number of hydrogen-bond acceptors (Lipinski definition) is 8. The van der Waals surface area contributed by atoms with Gasteiger partial charge in [0.15, 0.2) is 0 Å². The first-order valence-corrected chi connectivity index (χ1v) is 11.2. The second-order valence-electron chi connectivity index (χ2n) is 7.94. The minimum absolute atomic E-state index is 0.244. The Labute approximate surface area is 192 Å². The van der Waals surface area contributed by atoms with Crippen molar-refractivity contribution >= 4 is 5.97 Å². The summed E-state index contributed by atoms with van der Waals surface area (Å²) in [6, 6.07) is 10.1. The molecule has 0 fully saturated rings. The third-order valence-electron chi connectivity index (χ3n) is 3.84. The average molecular weight is 457 g/mol. The second-order valence-corrected chi connectivity index (χ2v) is 7.94. The fraction of sp³-hybridized carbons (Fsp3) is 0.708. The van der Waals surface area contributed by atoms with Crippen LogP contribution in [0, 0.1) is 0 Å². The smallest absolute Gasteiger partial charge is 0.308 e. The Balaban J connectivity index is 1.71. The Bertz CT molecular complexity index is 559. The summed E-state index contributed by atoms with van der Waals surface area (Å²) in [5, 5.41) is 0. The zero-order chi connectivity index (χ0) is 23.3. The van der Waals surface area contributed by atoms with Crippen molar-refractivity contribution < 1.29 is 38.0 Å². The monoisotopic (exact) mass is 456 g/mol. The lowest BCUT2D eigenvalue weighted by molar-refractivity contribution is -0.156. The Morgan fingerprint density at radius 2 is 1.03 bits per heavy atom. The van der Waals surface area contributed by atoms with Crippen LogP contribution < -0.4 is 0 Å². The highest BCUT2D eigenvalue weighted by molar-refractivity contribution is 5.69. The van der Waals surface area contributed by atoms with Crippen molar-refractivity contribution in [3.05, 3.63) is 35.9 Å². The molecule has 0 saturated carbocycles. The standard InChI is InChI=1S/C24H40O8/c1-24(2,3)32-23(25)9-10-26-11-12-27-13-14-28-15-16-29-17-18-30-19-20-31-21-22-7-5-4-6-8-22/h4-8H,9-21H2,1-3H3. The van der Waals surface area contributed by atoms with Gasteiger partial charge >= 0.3 is 5.97 Å². The first-order valence-electron chi connectivity index (χ1n) is 11.2. The number of carbonyl (C=O) groups excluding carboxylic acids is 1. The van der Waals surface area contributed by atoms with Gasteiger partial charge < -0.3 is 33.2 Å². The molecule has 0 aliphatic carbocycles. The molecule has 0 spiro atoms. The predicted octanol–water partition coefficient (Wildman–Crippen LogP) is 3.02. The first kappa shape index (κ1) is 28.5. The van der Waals surface area contributed by atoms with E-state index in [4.69, 9.17) is 33.2 Å². The molecule has 1 aromatic rings. The zero-order valence-corrected chi connectivity index (χ0v) is 19.8. The van der Waals surface area contributed by atoms with E-state index >= 15 is 0 Å². The van der Waals surface area contributed by atoms with Crippen molar-refractivity contribution in [2.24, 2.45) is 0 Å². The highest BCUT2D eigenvalue weighted by atomic mass is 16.6. The molecule has 0 heterocycles. The molecule has 8 heteroatoms. The van der Waals surface area contributed by atoms with E-state index in [0.29, 0.717) is 79.3 Å². The molecule has 0 amide bonds. The van der Waals surface area contributed by atoms with Crippen LogP contribution in [0.2, 0.25) is 0 Å². The minimum atomic E-state index is -0.461. The van der Waals surface area contributed by atoms with E-state index in [-0.39, 0.29) is 12.4 Å². The summed E-state index contributed by atoms with van der Waals surface area (Å²) in [7, 11) is 0. The van der Waals surface area contributed by atoms with E-state index in [1.54, 1.807) is 0 Å². The van der Waals surface area contributed by atoms with Gasteiger partial charge in [-0.2, -0.15) is 0 Å². The molecular weight excluding hydrogens is 416 g/mol. The molecule has 0 aromatic heterocycles. The predicted molar refractivity (Wildman–Crippen MR) is 121 cm³/mol. The number of benzene rings is 1. The van der Waals surface area contributed by atoms with Gasteiger partial charge in [-0.1, -0.05) is 30.3 Å². The number of hydrogen-bond donors (Lipinski definition) is 0. The molecule has 0 unspecified atom stereocenters. The van der Waals surface area contributed by atoms with Crippen molar-refractivity contribution in [3.8, 4) is 0 Å². The molecule has 0 N–H and O–H groups in total. The van der Waals surface area contributed by atoms with Crippen LogP contribution in [0.25, 0.3) is 0 Å². The number of rotatable bonds is 20. The van der Waals surface area contributed by atoms with E-state index < -0.39 is 5.60 Å². The molecule has 0 radical (unpaired) electrons. The minimum Gasteiger partial charge on any atom is -0.460 e. The molecule has 0 aliphatic heterocycles. The largest absolute Gasteiger partial charge is 0.460 e. The van der Waals surface area contributed by atoms with E-state index in [2.05, 4.69) is 0 Å². The van der Waals surface area contributed by atoms with Gasteiger partial charge in [0.25, 0.3) is 0 Å². The third kappa shape index (κ3) is 19.2. The summed E-state index contributed by atoms with van der Waals surface area (Å²) in [6.07, 6.45) is 0.244. The summed E-state index contributed by atoms with van der Waals surface area (Å²) in [4.78, 5) is 11.5. The van der Waals surface area contributed by atoms with Gasteiger partial charge in [0.1, 0.15) is 5.60 Å². The number of ether oxygens (including phenoxy) is 7. The summed E-state index contributed by atoms with van der Waals surface area (Å²) < 4.78 is 37.8. The van der Waals surface area contributed by atoms with E-state index in [0.717, 1.165) is 5.56 Å². The van der Waals surface area contributed by atoms with Crippen molar-refractivity contribution in [2.75, 3.05) is 72.7 Å². The van der Waals surface area contributed by atoms with Crippen LogP contribution in [0.3, 0.4) is 0 Å². The Morgan fingerprint density at radius 1 is 0.625 bits per heavy atom. The lowest BCUT2D eigenvalue weighted by atomic mass is 10.2. The number of carbonyl (C=O) groups is 1. The average Bonchev–Trinajstić information content (AvgIpc) is 2.75. The van der Waals surface area contributed by atoms with Crippen LogP contribution >= 0.6 is 0 Å². The Hall–Kier alpha value is -1.55. The molecule has 184 valence electrons. The third-order valence-corrected chi connectivity index (χ3v) is 3.84. The van der Waals surface area contributed by atoms with Gasteiger partial charge in [-0.25, -0.2) is 0 Å². The summed E-state index contributed by atoms with van der Waals surface area (Å²) >= 11 is 0. The number of esters is 1. The van der Waals surface area contributed by atoms with Gasteiger partial charge in [0.2, 0.25) is 0 Å². The fourth-order valence-electron chi connectivity index (χ4n) is 2.41. The lowest BCUT2D eigenvalue weighted by Gasteiger charge is -2.19. The van der Waals surface area contributed by atoms with Crippen LogP contribution in [0.15, 0.2) is 30.3 Å². The lowest BCUT2D eigenvalue weighted by Crippen LogP contribution is -2.24. The summed E-state index contributed by atoms with van der Waals surface area (Å²) in [6.45, 7) is 11.5. The fourth-order valence-corrected chi connectivity index (χ4v) is 2.41. The van der Waals surface area contributed by atoms with Crippen molar-refractivity contribution in [2.45, 2.75) is 39.4 Å². The molecule has 1 rings (SSSR count). The van der Waals surface area contributed by atoms with Crippen LogP contribution in [0.1, 0.15) is 32.8 Å². The van der Waals surface area contributed by atoms with Gasteiger partial charge in [-0.15, -0.1) is 0 Å². The normalized spacial score (nSPS) is 11.6. The zero-order valence-electron chi connectivity index (χ0n) is 19.8. The van der Waals surface area contributed by atoms with Crippen LogP contribution in [-0.4, -0.2) is 84.2 Å². The molecule has 0 aliphatic rings. The quantitative estimate of drug-likeness (QED) is 0.219. The van der Waals surface area contributed by atoms with Crippen LogP contribution in [0.5, 0.6) is 0 Å². The highest BCUT2D eigenvalue weighted by Crippen LogP contribution is 2.08. The Kier molecular flexibility index (Phi) is 16.9. The molecule has 32 heavy (non-hydrogen) atoms. The molecular formula is C24H40O8. The molecule has 8 nitrogen and oxygen atoms in total. The highest BCUT2D eigenvalue weighted by Gasteiger charge is 2.15. The van der Waals surface area contributed by atoms with Crippen molar-refractivity contribution in [1.29, 1.82) is 0 Å². The molecule has 1 aromatic carbocycles. The molecule has 0 atom stereocenters. The van der Waals surface area contributed by atoms with E-state index in [1.807, 2.05) is 51.1 Å². The second kappa shape index (κ2) is 19.0. The maximum Gasteiger partial charge on any atom is 0.308 e. The maximum atomic E-state index is 11.5. The van der Waals surface area contributed by atoms with Crippen molar-refractivity contribution in [1.82, 2.24) is 0 Å². The summed E-state index contributed by atoms with van der Waals surface area (Å²) in [5.74, 6) is -0.256. The van der Waals surface area contributed by atoms with Gasteiger partial charge in [0, 0.05) is 0 Å². The van der Waals surface area contributed by atoms with Crippen molar-refractivity contribution in [3.63, 3.8) is 0 Å². The van der Waals surface area contributed by atoms with Gasteiger partial charge in [-0.05, 0) is 26.3 Å². The van der Waals surface area contributed by atoms with Crippen LogP contribution in [-0.2, 0) is 44.6 Å². The van der Waals surface area contributed by atoms with Gasteiger partial charge in [0.05, 0.1) is 85.7 Å². The van der Waals surface area contributed by atoms with Crippen LogP contribution in [0.4, 0.5) is 0 Å². The maximum absolute atomic E-state index is 11.5. The SMILES string of the molecule is CC(C)(C)OC(=O)CCOCCOCCOCCOCCOCCOCc1ccccc1. The first-order chi connectivity index (χ1) is 15.5.